The van der Waals surface area contributed by atoms with E-state index in [0.29, 0.717) is 50.6 Å². The molecule has 1 atom stereocenters. The minimum Gasteiger partial charge on any atom is -0.467 e. The topological polar surface area (TPSA) is 83.3 Å². The molecule has 164 valence electrons. The van der Waals surface area contributed by atoms with Crippen LogP contribution in [0.3, 0.4) is 0 Å². The molecule has 3 amide bonds. The lowest BCUT2D eigenvalue weighted by Crippen LogP contribution is -2.50. The molecule has 0 aliphatic carbocycles. The van der Waals surface area contributed by atoms with E-state index >= 15 is 0 Å². The van der Waals surface area contributed by atoms with Crippen LogP contribution in [0.2, 0.25) is 0 Å². The van der Waals surface area contributed by atoms with E-state index < -0.39 is 0 Å². The normalized spacial score (nSPS) is 19.1. The van der Waals surface area contributed by atoms with Gasteiger partial charge in [-0.2, -0.15) is 0 Å². The van der Waals surface area contributed by atoms with Crippen LogP contribution in [-0.2, 0) is 16.1 Å². The van der Waals surface area contributed by atoms with E-state index in [1.165, 1.54) is 0 Å². The molecular weight excluding hydrogens is 418 g/mol. The van der Waals surface area contributed by atoms with E-state index in [0.717, 1.165) is 11.3 Å². The van der Waals surface area contributed by atoms with Gasteiger partial charge in [-0.25, -0.2) is 4.79 Å². The van der Waals surface area contributed by atoms with Gasteiger partial charge in [-0.3, -0.25) is 9.59 Å². The average molecular weight is 444 g/mol. The van der Waals surface area contributed by atoms with Crippen LogP contribution in [0, 0.1) is 0 Å². The second kappa shape index (κ2) is 9.47. The Hall–Kier alpha value is -2.94. The number of ether oxygens (including phenoxy) is 1. The summed E-state index contributed by atoms with van der Waals surface area (Å²) in [4.78, 5) is 42.2. The van der Waals surface area contributed by atoms with Gasteiger partial charge in [-0.1, -0.05) is 12.1 Å². The lowest BCUT2D eigenvalue weighted by Gasteiger charge is -2.34. The number of thioether (sulfide) groups is 1. The maximum absolute atomic E-state index is 12.9. The van der Waals surface area contributed by atoms with E-state index in [1.807, 2.05) is 36.4 Å². The maximum Gasteiger partial charge on any atom is 0.409 e. The summed E-state index contributed by atoms with van der Waals surface area (Å²) >= 11 is 1.57. The first-order chi connectivity index (χ1) is 15.1. The van der Waals surface area contributed by atoms with Crippen LogP contribution in [0.5, 0.6) is 0 Å². The summed E-state index contributed by atoms with van der Waals surface area (Å²) in [5.41, 5.74) is 1.58. The van der Waals surface area contributed by atoms with Gasteiger partial charge in [0, 0.05) is 31.7 Å². The Bertz CT molecular complexity index is 923. The number of benzene rings is 1. The Morgan fingerprint density at radius 2 is 1.81 bits per heavy atom. The fourth-order valence-electron chi connectivity index (χ4n) is 3.75. The molecule has 0 radical (unpaired) electrons. The molecule has 9 heteroatoms. The fraction of sp³-hybridized carbons (Fsp3) is 0.409. The smallest absolute Gasteiger partial charge is 0.409 e. The minimum absolute atomic E-state index is 0.0577. The SMILES string of the molecule is CCOC(=O)N1CCN(C(=O)c2ccc([C@@H]3SCC(=O)N3Cc3ccco3)cc2)CC1. The quantitative estimate of drug-likeness (QED) is 0.707. The first-order valence-electron chi connectivity index (χ1n) is 10.3. The second-order valence-corrected chi connectivity index (χ2v) is 8.43. The zero-order valence-corrected chi connectivity index (χ0v) is 18.2. The van der Waals surface area contributed by atoms with Crippen molar-refractivity contribution < 1.29 is 23.5 Å². The van der Waals surface area contributed by atoms with Crippen molar-refractivity contribution in [3.05, 3.63) is 59.5 Å². The van der Waals surface area contributed by atoms with Crippen LogP contribution < -0.4 is 0 Å². The van der Waals surface area contributed by atoms with Gasteiger partial charge in [0.15, 0.2) is 0 Å². The summed E-state index contributed by atoms with van der Waals surface area (Å²) in [7, 11) is 0. The van der Waals surface area contributed by atoms with Crippen LogP contribution in [0.1, 0.15) is 34.0 Å². The molecule has 2 aliphatic rings. The van der Waals surface area contributed by atoms with Crippen LogP contribution in [0.25, 0.3) is 0 Å². The van der Waals surface area contributed by atoms with Crippen LogP contribution in [0.4, 0.5) is 4.79 Å². The second-order valence-electron chi connectivity index (χ2n) is 7.36. The highest BCUT2D eigenvalue weighted by Crippen LogP contribution is 2.39. The van der Waals surface area contributed by atoms with Crippen molar-refractivity contribution in [2.75, 3.05) is 38.5 Å². The number of rotatable bonds is 5. The Balaban J connectivity index is 1.38. The van der Waals surface area contributed by atoms with Crippen molar-refractivity contribution in [1.29, 1.82) is 0 Å². The number of amides is 3. The summed E-state index contributed by atoms with van der Waals surface area (Å²) < 4.78 is 10.4. The molecular formula is C22H25N3O5S. The van der Waals surface area contributed by atoms with Crippen LogP contribution in [-0.4, -0.2) is 71.1 Å². The Morgan fingerprint density at radius 3 is 2.45 bits per heavy atom. The van der Waals surface area contributed by atoms with E-state index in [1.54, 1.807) is 39.6 Å². The molecule has 0 unspecified atom stereocenters. The Morgan fingerprint density at radius 1 is 1.10 bits per heavy atom. The highest BCUT2D eigenvalue weighted by atomic mass is 32.2. The van der Waals surface area contributed by atoms with Crippen molar-refractivity contribution in [1.82, 2.24) is 14.7 Å². The zero-order valence-electron chi connectivity index (χ0n) is 17.4. The molecule has 1 aromatic carbocycles. The highest BCUT2D eigenvalue weighted by molar-refractivity contribution is 8.00. The lowest BCUT2D eigenvalue weighted by atomic mass is 10.1. The number of furan rings is 1. The summed E-state index contributed by atoms with van der Waals surface area (Å²) in [5, 5.41) is -0.102. The molecule has 8 nitrogen and oxygen atoms in total. The number of carbonyl (C=O) groups excluding carboxylic acids is 3. The van der Waals surface area contributed by atoms with Gasteiger partial charge in [0.25, 0.3) is 5.91 Å². The molecule has 0 spiro atoms. The molecule has 31 heavy (non-hydrogen) atoms. The molecule has 0 bridgehead atoms. The molecule has 2 fully saturated rings. The summed E-state index contributed by atoms with van der Waals surface area (Å²) in [5.74, 6) is 1.19. The molecule has 0 saturated carbocycles. The molecule has 3 heterocycles. The molecule has 1 aromatic heterocycles. The van der Waals surface area contributed by atoms with Crippen molar-refractivity contribution in [3.63, 3.8) is 0 Å². The average Bonchev–Trinajstić information content (AvgIpc) is 3.44. The van der Waals surface area contributed by atoms with E-state index in [2.05, 4.69) is 0 Å². The first-order valence-corrected chi connectivity index (χ1v) is 11.4. The molecule has 2 aromatic rings. The van der Waals surface area contributed by atoms with E-state index in [4.69, 9.17) is 9.15 Å². The molecule has 2 saturated heterocycles. The number of hydrogen-bond donors (Lipinski definition) is 0. The third-order valence-electron chi connectivity index (χ3n) is 5.41. The third kappa shape index (κ3) is 4.71. The first kappa shape index (κ1) is 21.3. The van der Waals surface area contributed by atoms with Gasteiger partial charge in [-0.05, 0) is 36.8 Å². The van der Waals surface area contributed by atoms with Crippen molar-refractivity contribution in [3.8, 4) is 0 Å². The lowest BCUT2D eigenvalue weighted by molar-refractivity contribution is -0.128. The number of nitrogens with zero attached hydrogens (tertiary/aromatic N) is 3. The van der Waals surface area contributed by atoms with Gasteiger partial charge in [0.05, 0.1) is 25.2 Å². The highest BCUT2D eigenvalue weighted by Gasteiger charge is 2.33. The fourth-order valence-corrected chi connectivity index (χ4v) is 4.94. The van der Waals surface area contributed by atoms with Crippen LogP contribution >= 0.6 is 11.8 Å². The largest absolute Gasteiger partial charge is 0.467 e. The molecule has 4 rings (SSSR count). The monoisotopic (exact) mass is 443 g/mol. The summed E-state index contributed by atoms with van der Waals surface area (Å²) in [6.45, 7) is 4.42. The van der Waals surface area contributed by atoms with Gasteiger partial charge in [0.1, 0.15) is 11.1 Å². The van der Waals surface area contributed by atoms with Crippen LogP contribution in [0.15, 0.2) is 47.1 Å². The van der Waals surface area contributed by atoms with Gasteiger partial charge < -0.3 is 23.9 Å². The zero-order chi connectivity index (χ0) is 21.8. The standard InChI is InChI=1S/C22H25N3O5S/c1-2-29-22(28)24-11-9-23(10-12-24)20(27)16-5-7-17(8-6-16)21-25(19(26)15-31-21)14-18-4-3-13-30-18/h3-8,13,21H,2,9-12,14-15H2,1H3/t21-/m0/s1. The maximum atomic E-state index is 12.9. The third-order valence-corrected chi connectivity index (χ3v) is 6.67. The van der Waals surface area contributed by atoms with Gasteiger partial charge >= 0.3 is 6.09 Å². The molecule has 2 aliphatic heterocycles. The Labute approximate surface area is 185 Å². The van der Waals surface area contributed by atoms with Gasteiger partial charge in [-0.15, -0.1) is 11.8 Å². The van der Waals surface area contributed by atoms with Crippen molar-refractivity contribution >= 4 is 29.7 Å². The predicted molar refractivity (Wildman–Crippen MR) is 115 cm³/mol. The minimum atomic E-state index is -0.332. The molecule has 0 N–H and O–H groups in total. The van der Waals surface area contributed by atoms with E-state index in [-0.39, 0.29) is 23.3 Å². The van der Waals surface area contributed by atoms with Crippen molar-refractivity contribution in [2.45, 2.75) is 18.8 Å². The van der Waals surface area contributed by atoms with Gasteiger partial charge in [0.2, 0.25) is 5.91 Å². The number of carbonyl (C=O) groups is 3. The predicted octanol–water partition coefficient (Wildman–Crippen LogP) is 2.97. The Kier molecular flexibility index (Phi) is 6.50. The summed E-state index contributed by atoms with van der Waals surface area (Å²) in [6.07, 6.45) is 1.27. The van der Waals surface area contributed by atoms with E-state index in [9.17, 15) is 14.4 Å². The van der Waals surface area contributed by atoms with Crippen molar-refractivity contribution in [2.24, 2.45) is 0 Å². The number of hydrogen-bond acceptors (Lipinski definition) is 6. The number of piperazine rings is 1. The summed E-state index contributed by atoms with van der Waals surface area (Å²) in [6, 6.07) is 11.1.